The van der Waals surface area contributed by atoms with Crippen LogP contribution >= 0.6 is 9.39 Å². The molecule has 1 unspecified atom stereocenters. The van der Waals surface area contributed by atoms with E-state index >= 15 is 0 Å². The van der Waals surface area contributed by atoms with Crippen molar-refractivity contribution < 1.29 is 17.4 Å². The van der Waals surface area contributed by atoms with Crippen LogP contribution in [0.25, 0.3) is 5.73 Å². The van der Waals surface area contributed by atoms with E-state index in [0.717, 1.165) is 0 Å². The molecule has 0 aliphatic rings. The van der Waals surface area contributed by atoms with Gasteiger partial charge in [0.2, 0.25) is 0 Å². The van der Waals surface area contributed by atoms with Gasteiger partial charge in [-0.2, -0.15) is 0 Å². The second-order valence-electron chi connectivity index (χ2n) is 0.514. The molecule has 0 saturated carbocycles. The van der Waals surface area contributed by atoms with Gasteiger partial charge in [0.05, 0.1) is 0 Å². The predicted octanol–water partition coefficient (Wildman–Crippen LogP) is 0.141. The van der Waals surface area contributed by atoms with Crippen molar-refractivity contribution in [3.63, 3.8) is 0 Å². The Balaban J connectivity index is 0. The number of hydrogen-bond acceptors (Lipinski definition) is 1. The van der Waals surface area contributed by atoms with E-state index in [2.05, 4.69) is 10.5 Å². The third kappa shape index (κ3) is 8.87. The maximum atomic E-state index is 6.33. The zero-order valence-corrected chi connectivity index (χ0v) is 5.44. The molecular weight excluding hydrogens is 137 g/mol. The quantitative estimate of drug-likeness (QED) is 0.292. The zero-order chi connectivity index (χ0) is 4.28. The van der Waals surface area contributed by atoms with Gasteiger partial charge >= 0.3 is 0 Å². The molecule has 0 spiro atoms. The normalized spacial score (nSPS) is 9.83. The summed E-state index contributed by atoms with van der Waals surface area (Å²) in [5.74, 6) is -0.157. The summed E-state index contributed by atoms with van der Waals surface area (Å²) in [4.78, 5) is 0. The van der Waals surface area contributed by atoms with Crippen LogP contribution in [0, 0.1) is 0 Å². The van der Waals surface area contributed by atoms with Crippen molar-refractivity contribution in [3.8, 4) is 0 Å². The summed E-state index contributed by atoms with van der Waals surface area (Å²) in [6.45, 7) is 0. The van der Waals surface area contributed by atoms with Gasteiger partial charge in [0.25, 0.3) is 0 Å². The van der Waals surface area contributed by atoms with E-state index in [1.165, 1.54) is 0 Å². The Kier molecular flexibility index (Phi) is 8.31. The second kappa shape index (κ2) is 5.23. The van der Waals surface area contributed by atoms with Crippen molar-refractivity contribution in [2.45, 2.75) is 0 Å². The fourth-order valence-electron chi connectivity index (χ4n) is 0. The molecule has 0 aliphatic heterocycles. The first-order chi connectivity index (χ1) is 2.27. The van der Waals surface area contributed by atoms with Crippen LogP contribution in [0.15, 0.2) is 4.76 Å². The van der Waals surface area contributed by atoms with Crippen LogP contribution in [0.2, 0.25) is 0 Å². The monoisotopic (exact) mass is 142 g/mol. The molecule has 3 N–H and O–H groups in total. The molecular formula is CH5CrN3P-. The first-order valence-corrected chi connectivity index (χ1v) is 1.54. The SMILES string of the molecule is [Cr].[NH-]C(N)=NP. The Hall–Kier alpha value is 0.232. The molecule has 0 amide bonds. The van der Waals surface area contributed by atoms with Gasteiger partial charge in [-0.3, -0.25) is 0 Å². The molecule has 3 nitrogen and oxygen atoms in total. The molecule has 5 heteroatoms. The third-order valence-electron chi connectivity index (χ3n) is 0.139. The molecule has 0 aromatic carbocycles. The van der Waals surface area contributed by atoms with Crippen molar-refractivity contribution in [1.29, 1.82) is 0 Å². The average Bonchev–Trinajstić information content (AvgIpc) is 1.38. The van der Waals surface area contributed by atoms with Crippen molar-refractivity contribution in [2.24, 2.45) is 10.5 Å². The van der Waals surface area contributed by atoms with Crippen LogP contribution in [0.4, 0.5) is 0 Å². The summed E-state index contributed by atoms with van der Waals surface area (Å²) in [6, 6.07) is 0. The average molecular weight is 142 g/mol. The maximum Gasteiger partial charge on any atom is 0.00395 e. The molecule has 0 aromatic rings. The van der Waals surface area contributed by atoms with Crippen molar-refractivity contribution in [1.82, 2.24) is 0 Å². The minimum absolute atomic E-state index is 0. The topological polar surface area (TPSA) is 62.2 Å². The van der Waals surface area contributed by atoms with E-state index < -0.39 is 0 Å². The number of rotatable bonds is 0. The molecule has 6 heavy (non-hydrogen) atoms. The van der Waals surface area contributed by atoms with Gasteiger partial charge in [0.1, 0.15) is 0 Å². The van der Waals surface area contributed by atoms with E-state index in [1.54, 1.807) is 0 Å². The first kappa shape index (κ1) is 9.53. The fraction of sp³-hybridized carbons (Fsp3) is 0. The van der Waals surface area contributed by atoms with Gasteiger partial charge in [-0.25, -0.2) is 0 Å². The molecule has 0 fully saturated rings. The summed E-state index contributed by atoms with van der Waals surface area (Å²) in [7, 11) is 1.97. The smallest absolute Gasteiger partial charge is 0.00395 e. The molecule has 0 rings (SSSR count). The standard InChI is InChI=1S/CH5N3P.Cr/c2-1(3)4-5;/h5H2,(H3-,2,3,4);/q-1;. The van der Waals surface area contributed by atoms with Gasteiger partial charge in [0.15, 0.2) is 0 Å². The van der Waals surface area contributed by atoms with E-state index in [4.69, 9.17) is 5.73 Å². The summed E-state index contributed by atoms with van der Waals surface area (Å²) < 4.78 is 3.17. The van der Waals surface area contributed by atoms with Crippen molar-refractivity contribution >= 4 is 15.4 Å². The van der Waals surface area contributed by atoms with Crippen LogP contribution in [-0.2, 0) is 17.4 Å². The Morgan fingerprint density at radius 2 is 2.00 bits per heavy atom. The van der Waals surface area contributed by atoms with Crippen LogP contribution in [0.3, 0.4) is 0 Å². The number of nitrogens with zero attached hydrogens (tertiary/aromatic N) is 1. The van der Waals surface area contributed by atoms with Crippen LogP contribution in [0.1, 0.15) is 0 Å². The molecule has 1 atom stereocenters. The Morgan fingerprint density at radius 3 is 2.00 bits per heavy atom. The Bertz CT molecular complexity index is 48.8. The van der Waals surface area contributed by atoms with Gasteiger partial charge in [-0.15, -0.1) is 0 Å². The summed E-state index contributed by atoms with van der Waals surface area (Å²) in [5, 5.41) is 0. The van der Waals surface area contributed by atoms with Crippen molar-refractivity contribution in [2.75, 3.05) is 0 Å². The zero-order valence-electron chi connectivity index (χ0n) is 3.01. The molecule has 0 heterocycles. The minimum Gasteiger partial charge on any atom is -0.454 e. The second-order valence-corrected chi connectivity index (χ2v) is 0.773. The summed E-state index contributed by atoms with van der Waals surface area (Å²) in [5.41, 5.74) is 11.0. The molecule has 0 saturated heterocycles. The summed E-state index contributed by atoms with van der Waals surface area (Å²) >= 11 is 0. The maximum absolute atomic E-state index is 6.33. The minimum atomic E-state index is -0.157. The predicted molar refractivity (Wildman–Crippen MR) is 25.7 cm³/mol. The van der Waals surface area contributed by atoms with Gasteiger partial charge < -0.3 is 16.2 Å². The van der Waals surface area contributed by atoms with Crippen LogP contribution < -0.4 is 5.73 Å². The van der Waals surface area contributed by atoms with Gasteiger partial charge in [0, 0.05) is 23.3 Å². The molecule has 36 valence electrons. The Labute approximate surface area is 49.6 Å². The third-order valence-corrected chi connectivity index (χ3v) is 0.417. The fourth-order valence-corrected chi connectivity index (χ4v) is 0. The van der Waals surface area contributed by atoms with E-state index in [9.17, 15) is 0 Å². The van der Waals surface area contributed by atoms with Gasteiger partial charge in [-0.1, -0.05) is 9.39 Å². The van der Waals surface area contributed by atoms with Crippen molar-refractivity contribution in [3.05, 3.63) is 5.73 Å². The van der Waals surface area contributed by atoms with E-state index in [-0.39, 0.29) is 23.3 Å². The largest absolute Gasteiger partial charge is 0.454 e. The molecule has 0 aliphatic carbocycles. The van der Waals surface area contributed by atoms with Crippen LogP contribution in [-0.4, -0.2) is 5.96 Å². The number of nitrogens with two attached hydrogens (primary N) is 1. The van der Waals surface area contributed by atoms with E-state index in [0.29, 0.717) is 0 Å². The van der Waals surface area contributed by atoms with E-state index in [1.807, 2.05) is 9.39 Å². The number of hydrogen-bond donors (Lipinski definition) is 1. The van der Waals surface area contributed by atoms with Crippen LogP contribution in [0.5, 0.6) is 0 Å². The number of guanidine groups is 1. The Morgan fingerprint density at radius 1 is 1.83 bits per heavy atom. The summed E-state index contributed by atoms with van der Waals surface area (Å²) in [6.07, 6.45) is 0. The van der Waals surface area contributed by atoms with Gasteiger partial charge in [-0.05, 0) is 0 Å². The molecule has 0 bridgehead atoms. The number of nitrogens with one attached hydrogen (secondary N) is 1. The first-order valence-electron chi connectivity index (χ1n) is 1.02. The molecule has 0 aromatic heterocycles. The molecule has 0 radical (unpaired) electrons.